The lowest BCUT2D eigenvalue weighted by atomic mass is 9.90. The van der Waals surface area contributed by atoms with Crippen LogP contribution in [0.25, 0.3) is 22.0 Å². The van der Waals surface area contributed by atoms with Crippen molar-refractivity contribution in [1.82, 2.24) is 14.9 Å². The van der Waals surface area contributed by atoms with Gasteiger partial charge in [-0.05, 0) is 86.8 Å². The normalized spacial score (nSPS) is 14.4. The average Bonchev–Trinajstić information content (AvgIpc) is 2.91. The minimum absolute atomic E-state index is 0.275. The molecule has 1 amide bonds. The number of rotatable bonds is 7. The maximum Gasteiger partial charge on any atom is 0.247 e. The van der Waals surface area contributed by atoms with Crippen LogP contribution < -0.4 is 10.6 Å². The van der Waals surface area contributed by atoms with Crippen LogP contribution in [-0.2, 0) is 11.2 Å². The molecule has 0 radical (unpaired) electrons. The lowest BCUT2D eigenvalue weighted by molar-refractivity contribution is -0.111. The van der Waals surface area contributed by atoms with Gasteiger partial charge in [-0.2, -0.15) is 0 Å². The van der Waals surface area contributed by atoms with E-state index in [1.807, 2.05) is 48.5 Å². The number of nitrogens with zero attached hydrogens (tertiary/aromatic N) is 3. The Balaban J connectivity index is 1.38. The van der Waals surface area contributed by atoms with Crippen LogP contribution in [0.5, 0.6) is 0 Å². The quantitative estimate of drug-likeness (QED) is 0.299. The smallest absolute Gasteiger partial charge is 0.247 e. The van der Waals surface area contributed by atoms with Crippen molar-refractivity contribution in [3.8, 4) is 11.1 Å². The highest BCUT2D eigenvalue weighted by Gasteiger charge is 2.18. The van der Waals surface area contributed by atoms with Gasteiger partial charge in [0.05, 0.1) is 11.2 Å². The Labute approximate surface area is 216 Å². The molecule has 0 atom stereocenters. The van der Waals surface area contributed by atoms with Crippen LogP contribution in [0.1, 0.15) is 18.4 Å². The molecule has 0 saturated carbocycles. The standard InChI is InChI=1S/C30H30FN5O/c1-3-28(37)33-24-8-4-6-22(18-24)25-9-5-7-23-19-32-30(35-29(23)25)34-27-11-10-21(17-26(27)31)16-20-12-14-36(2)15-13-20/h3-11,17-20H,1,12-16H2,2H3,(H,33,37)(H,32,34,35). The lowest BCUT2D eigenvalue weighted by Crippen LogP contribution is -2.30. The Hall–Kier alpha value is -4.10. The lowest BCUT2D eigenvalue weighted by Gasteiger charge is -2.29. The number of hydrogen-bond donors (Lipinski definition) is 2. The molecule has 4 aromatic rings. The first-order valence-corrected chi connectivity index (χ1v) is 12.5. The monoisotopic (exact) mass is 495 g/mol. The fourth-order valence-corrected chi connectivity index (χ4v) is 4.81. The second-order valence-corrected chi connectivity index (χ2v) is 9.60. The van der Waals surface area contributed by atoms with Crippen LogP contribution in [0.15, 0.2) is 79.5 Å². The van der Waals surface area contributed by atoms with Crippen molar-refractivity contribution in [3.63, 3.8) is 0 Å². The number of benzene rings is 3. The summed E-state index contributed by atoms with van der Waals surface area (Å²) in [7, 11) is 2.15. The molecule has 2 heterocycles. The molecule has 0 unspecified atom stereocenters. The predicted octanol–water partition coefficient (Wildman–Crippen LogP) is 6.19. The van der Waals surface area contributed by atoms with Gasteiger partial charge >= 0.3 is 0 Å². The van der Waals surface area contributed by atoms with Crippen molar-refractivity contribution in [1.29, 1.82) is 0 Å². The molecular weight excluding hydrogens is 465 g/mol. The Morgan fingerprint density at radius 3 is 2.73 bits per heavy atom. The number of carbonyl (C=O) groups is 1. The third-order valence-electron chi connectivity index (χ3n) is 6.88. The van der Waals surface area contributed by atoms with Crippen molar-refractivity contribution in [3.05, 3.63) is 90.9 Å². The summed E-state index contributed by atoms with van der Waals surface area (Å²) in [6.07, 6.45) is 6.15. The topological polar surface area (TPSA) is 70.2 Å². The van der Waals surface area contributed by atoms with E-state index >= 15 is 4.39 Å². The van der Waals surface area contributed by atoms with Gasteiger partial charge in [0, 0.05) is 22.8 Å². The van der Waals surface area contributed by atoms with E-state index in [9.17, 15) is 4.79 Å². The second kappa shape index (κ2) is 10.9. The molecule has 1 saturated heterocycles. The molecule has 6 nitrogen and oxygen atoms in total. The highest BCUT2D eigenvalue weighted by molar-refractivity contribution is 6.00. The molecule has 7 heteroatoms. The molecule has 0 spiro atoms. The van der Waals surface area contributed by atoms with Crippen LogP contribution in [0.4, 0.5) is 21.7 Å². The maximum absolute atomic E-state index is 15.0. The summed E-state index contributed by atoms with van der Waals surface area (Å²) in [4.78, 5) is 23.2. The first kappa shape index (κ1) is 24.6. The number of nitrogens with one attached hydrogen (secondary N) is 2. The summed E-state index contributed by atoms with van der Waals surface area (Å²) in [5.74, 6) is 0.328. The molecule has 1 fully saturated rings. The molecule has 0 bridgehead atoms. The Morgan fingerprint density at radius 2 is 1.95 bits per heavy atom. The van der Waals surface area contributed by atoms with Crippen LogP contribution >= 0.6 is 0 Å². The Kier molecular flexibility index (Phi) is 7.23. The molecule has 1 aliphatic rings. The summed E-state index contributed by atoms with van der Waals surface area (Å²) >= 11 is 0. The van der Waals surface area contributed by atoms with E-state index in [4.69, 9.17) is 4.98 Å². The highest BCUT2D eigenvalue weighted by atomic mass is 19.1. The summed E-state index contributed by atoms with van der Waals surface area (Å²) in [6.45, 7) is 5.70. The number of halogens is 1. The molecule has 1 aliphatic heterocycles. The van der Waals surface area contributed by atoms with Gasteiger partial charge in [-0.15, -0.1) is 0 Å². The minimum Gasteiger partial charge on any atom is -0.323 e. The van der Waals surface area contributed by atoms with E-state index in [1.54, 1.807) is 18.3 Å². The number of piperidine rings is 1. The summed E-state index contributed by atoms with van der Waals surface area (Å²) in [6, 6.07) is 18.7. The summed E-state index contributed by atoms with van der Waals surface area (Å²) in [5, 5.41) is 6.70. The van der Waals surface area contributed by atoms with Gasteiger partial charge < -0.3 is 15.5 Å². The highest BCUT2D eigenvalue weighted by Crippen LogP contribution is 2.30. The van der Waals surface area contributed by atoms with Crippen LogP contribution in [0, 0.1) is 11.7 Å². The van der Waals surface area contributed by atoms with Crippen LogP contribution in [0.2, 0.25) is 0 Å². The molecular formula is C30H30FN5O. The number of fused-ring (bicyclic) bond motifs is 1. The van der Waals surface area contributed by atoms with Crippen molar-refractivity contribution in [2.24, 2.45) is 5.92 Å². The zero-order chi connectivity index (χ0) is 25.8. The van der Waals surface area contributed by atoms with Gasteiger partial charge in [0.2, 0.25) is 11.9 Å². The Morgan fingerprint density at radius 1 is 1.14 bits per heavy atom. The summed E-state index contributed by atoms with van der Waals surface area (Å²) < 4.78 is 15.0. The largest absolute Gasteiger partial charge is 0.323 e. The van der Waals surface area contributed by atoms with Gasteiger partial charge in [0.1, 0.15) is 5.82 Å². The van der Waals surface area contributed by atoms with Gasteiger partial charge in [-0.1, -0.05) is 43.0 Å². The third kappa shape index (κ3) is 5.84. The average molecular weight is 496 g/mol. The molecule has 5 rings (SSSR count). The third-order valence-corrected chi connectivity index (χ3v) is 6.88. The summed E-state index contributed by atoms with van der Waals surface area (Å²) in [5.41, 5.74) is 4.52. The van der Waals surface area contributed by atoms with E-state index in [0.717, 1.165) is 59.9 Å². The zero-order valence-electron chi connectivity index (χ0n) is 20.9. The van der Waals surface area contributed by atoms with Crippen molar-refractivity contribution >= 4 is 34.1 Å². The van der Waals surface area contributed by atoms with E-state index in [-0.39, 0.29) is 11.7 Å². The van der Waals surface area contributed by atoms with E-state index in [2.05, 4.69) is 34.1 Å². The number of anilines is 3. The number of aromatic nitrogens is 2. The van der Waals surface area contributed by atoms with Gasteiger partial charge in [-0.3, -0.25) is 4.79 Å². The van der Waals surface area contributed by atoms with Crippen molar-refractivity contribution in [2.45, 2.75) is 19.3 Å². The molecule has 3 aromatic carbocycles. The zero-order valence-corrected chi connectivity index (χ0v) is 20.9. The molecule has 188 valence electrons. The first-order valence-electron chi connectivity index (χ1n) is 12.5. The second-order valence-electron chi connectivity index (χ2n) is 9.60. The predicted molar refractivity (Wildman–Crippen MR) is 147 cm³/mol. The Bertz CT molecular complexity index is 1450. The fourth-order valence-electron chi connectivity index (χ4n) is 4.81. The number of carbonyl (C=O) groups excluding carboxylic acids is 1. The van der Waals surface area contributed by atoms with Gasteiger partial charge in [0.15, 0.2) is 0 Å². The first-order chi connectivity index (χ1) is 18.0. The van der Waals surface area contributed by atoms with Gasteiger partial charge in [-0.25, -0.2) is 14.4 Å². The van der Waals surface area contributed by atoms with Crippen molar-refractivity contribution in [2.75, 3.05) is 30.8 Å². The minimum atomic E-state index is -0.312. The number of amides is 1. The van der Waals surface area contributed by atoms with Crippen LogP contribution in [-0.4, -0.2) is 40.9 Å². The molecule has 37 heavy (non-hydrogen) atoms. The van der Waals surface area contributed by atoms with E-state index in [0.29, 0.717) is 23.2 Å². The molecule has 2 N–H and O–H groups in total. The fraction of sp³-hybridized carbons (Fsp3) is 0.233. The SMILES string of the molecule is C=CC(=O)Nc1cccc(-c2cccc3cnc(Nc4ccc(CC5CCN(C)CC5)cc4F)nc23)c1. The van der Waals surface area contributed by atoms with E-state index < -0.39 is 0 Å². The number of hydrogen-bond acceptors (Lipinski definition) is 5. The molecule has 1 aromatic heterocycles. The van der Waals surface area contributed by atoms with E-state index in [1.165, 1.54) is 6.08 Å². The molecule has 0 aliphatic carbocycles. The number of para-hydroxylation sites is 1. The maximum atomic E-state index is 15.0. The van der Waals surface area contributed by atoms with Crippen molar-refractivity contribution < 1.29 is 9.18 Å². The number of likely N-dealkylation sites (tertiary alicyclic amines) is 1. The van der Waals surface area contributed by atoms with Gasteiger partial charge in [0.25, 0.3) is 0 Å². The van der Waals surface area contributed by atoms with Crippen LogP contribution in [0.3, 0.4) is 0 Å².